The molecule has 1 aromatic rings. The lowest BCUT2D eigenvalue weighted by molar-refractivity contribution is 0.101. The van der Waals surface area contributed by atoms with Gasteiger partial charge in [-0.05, 0) is 37.8 Å². The van der Waals surface area contributed by atoms with Crippen molar-refractivity contribution in [1.29, 1.82) is 5.26 Å². The number of hydrogen-bond donors (Lipinski definition) is 2. The smallest absolute Gasteiger partial charge is 0.144 e. The third-order valence-corrected chi connectivity index (χ3v) is 3.50. The summed E-state index contributed by atoms with van der Waals surface area (Å²) in [5, 5.41) is 21.9. The molecule has 2 N–H and O–H groups in total. The quantitative estimate of drug-likeness (QED) is 0.845. The Kier molecular flexibility index (Phi) is 4.68. The number of aliphatic hydroxyl groups is 1. The second-order valence-corrected chi connectivity index (χ2v) is 4.94. The highest BCUT2D eigenvalue weighted by atomic mass is 16.3. The average Bonchev–Trinajstić information content (AvgIpc) is 2.39. The molecule has 18 heavy (non-hydrogen) atoms. The number of aliphatic hydroxyl groups excluding tert-OH is 1. The summed E-state index contributed by atoms with van der Waals surface area (Å²) in [6, 6.07) is 5.87. The minimum Gasteiger partial charge on any atom is -0.393 e. The molecule has 4 nitrogen and oxygen atoms in total. The molecule has 1 heterocycles. The minimum atomic E-state index is -0.126. The molecule has 96 valence electrons. The molecule has 1 fully saturated rings. The van der Waals surface area contributed by atoms with Crippen LogP contribution in [-0.2, 0) is 6.54 Å². The van der Waals surface area contributed by atoms with Crippen molar-refractivity contribution in [2.45, 2.75) is 38.3 Å². The predicted molar refractivity (Wildman–Crippen MR) is 68.6 cm³/mol. The van der Waals surface area contributed by atoms with Crippen molar-refractivity contribution < 1.29 is 5.11 Å². The van der Waals surface area contributed by atoms with Crippen LogP contribution >= 0.6 is 0 Å². The standard InChI is InChI=1S/C14H19N3O/c15-8-14-12(4-2-6-17-14)10-16-9-11-3-1-5-13(18)7-11/h2,4,6,11,13,16,18H,1,3,5,7,9-10H2. The second-order valence-electron chi connectivity index (χ2n) is 4.94. The van der Waals surface area contributed by atoms with Crippen LogP contribution in [0.3, 0.4) is 0 Å². The second kappa shape index (κ2) is 6.48. The summed E-state index contributed by atoms with van der Waals surface area (Å²) in [5.74, 6) is 0.552. The van der Waals surface area contributed by atoms with Gasteiger partial charge in [0.25, 0.3) is 0 Å². The lowest BCUT2D eigenvalue weighted by Crippen LogP contribution is -2.29. The highest BCUT2D eigenvalue weighted by molar-refractivity contribution is 5.30. The number of nitrogens with one attached hydrogen (secondary N) is 1. The zero-order valence-electron chi connectivity index (χ0n) is 10.5. The Morgan fingerprint density at radius 1 is 1.50 bits per heavy atom. The molecule has 0 bridgehead atoms. The van der Waals surface area contributed by atoms with Gasteiger partial charge in [0.15, 0.2) is 0 Å². The van der Waals surface area contributed by atoms with Gasteiger partial charge in [-0.3, -0.25) is 0 Å². The van der Waals surface area contributed by atoms with Crippen LogP contribution in [0.25, 0.3) is 0 Å². The molecule has 0 saturated heterocycles. The summed E-state index contributed by atoms with van der Waals surface area (Å²) < 4.78 is 0. The monoisotopic (exact) mass is 245 g/mol. The van der Waals surface area contributed by atoms with Crippen LogP contribution in [-0.4, -0.2) is 22.7 Å². The Balaban J connectivity index is 1.80. The molecule has 1 saturated carbocycles. The van der Waals surface area contributed by atoms with Crippen molar-refractivity contribution in [2.24, 2.45) is 5.92 Å². The largest absolute Gasteiger partial charge is 0.393 e. The summed E-state index contributed by atoms with van der Waals surface area (Å²) in [7, 11) is 0. The van der Waals surface area contributed by atoms with Crippen LogP contribution in [0.2, 0.25) is 0 Å². The van der Waals surface area contributed by atoms with Gasteiger partial charge in [-0.1, -0.05) is 12.5 Å². The first-order valence-electron chi connectivity index (χ1n) is 6.52. The van der Waals surface area contributed by atoms with Crippen molar-refractivity contribution in [3.05, 3.63) is 29.6 Å². The molecule has 1 aliphatic carbocycles. The number of pyridine rings is 1. The summed E-state index contributed by atoms with van der Waals surface area (Å²) in [5.41, 5.74) is 1.44. The van der Waals surface area contributed by atoms with E-state index in [9.17, 15) is 5.11 Å². The van der Waals surface area contributed by atoms with Crippen molar-refractivity contribution in [3.63, 3.8) is 0 Å². The Labute approximate surface area is 108 Å². The maximum absolute atomic E-state index is 9.60. The zero-order chi connectivity index (χ0) is 12.8. The van der Waals surface area contributed by atoms with Crippen molar-refractivity contribution in [2.75, 3.05) is 6.54 Å². The Morgan fingerprint density at radius 2 is 2.39 bits per heavy atom. The van der Waals surface area contributed by atoms with Crippen molar-refractivity contribution in [3.8, 4) is 6.07 Å². The van der Waals surface area contributed by atoms with E-state index >= 15 is 0 Å². The van der Waals surface area contributed by atoms with Gasteiger partial charge < -0.3 is 10.4 Å². The fraction of sp³-hybridized carbons (Fsp3) is 0.571. The normalized spacial score (nSPS) is 23.6. The van der Waals surface area contributed by atoms with Crippen molar-refractivity contribution >= 4 is 0 Å². The molecular weight excluding hydrogens is 226 g/mol. The van der Waals surface area contributed by atoms with E-state index in [0.717, 1.165) is 31.4 Å². The minimum absolute atomic E-state index is 0.126. The van der Waals surface area contributed by atoms with Gasteiger partial charge in [0.1, 0.15) is 11.8 Å². The molecule has 0 aromatic carbocycles. The summed E-state index contributed by atoms with van der Waals surface area (Å²) >= 11 is 0. The van der Waals surface area contributed by atoms with Crippen LogP contribution in [0.1, 0.15) is 36.9 Å². The molecule has 4 heteroatoms. The van der Waals surface area contributed by atoms with Crippen molar-refractivity contribution in [1.82, 2.24) is 10.3 Å². The molecule has 0 amide bonds. The Hall–Kier alpha value is -1.44. The Bertz CT molecular complexity index is 427. The lowest BCUT2D eigenvalue weighted by atomic mass is 9.87. The van der Waals surface area contributed by atoms with E-state index in [1.807, 2.05) is 12.1 Å². The lowest BCUT2D eigenvalue weighted by Gasteiger charge is -2.26. The van der Waals surface area contributed by atoms with Crippen LogP contribution in [0.15, 0.2) is 18.3 Å². The first-order chi connectivity index (χ1) is 8.79. The van der Waals surface area contributed by atoms with Gasteiger partial charge >= 0.3 is 0 Å². The van der Waals surface area contributed by atoms with Crippen LogP contribution in [0.4, 0.5) is 0 Å². The molecule has 2 rings (SSSR count). The van der Waals surface area contributed by atoms with E-state index in [1.54, 1.807) is 6.20 Å². The third-order valence-electron chi connectivity index (χ3n) is 3.50. The zero-order valence-corrected chi connectivity index (χ0v) is 10.5. The molecule has 2 unspecified atom stereocenters. The highest BCUT2D eigenvalue weighted by Crippen LogP contribution is 2.23. The van der Waals surface area contributed by atoms with E-state index in [2.05, 4.69) is 16.4 Å². The highest BCUT2D eigenvalue weighted by Gasteiger charge is 2.19. The van der Waals surface area contributed by atoms with Crippen LogP contribution in [0, 0.1) is 17.2 Å². The van der Waals surface area contributed by atoms with Gasteiger partial charge in [0.2, 0.25) is 0 Å². The number of aromatic nitrogens is 1. The molecule has 0 radical (unpaired) electrons. The molecule has 1 aromatic heterocycles. The van der Waals surface area contributed by atoms with Crippen LogP contribution in [0.5, 0.6) is 0 Å². The van der Waals surface area contributed by atoms with Gasteiger partial charge in [-0.25, -0.2) is 4.98 Å². The first-order valence-corrected chi connectivity index (χ1v) is 6.52. The fourth-order valence-electron chi connectivity index (χ4n) is 2.54. The summed E-state index contributed by atoms with van der Waals surface area (Å²) in [6.45, 7) is 1.57. The van der Waals surface area contributed by atoms with E-state index < -0.39 is 0 Å². The summed E-state index contributed by atoms with van der Waals surface area (Å²) in [6.07, 6.45) is 5.65. The number of rotatable bonds is 4. The van der Waals surface area contributed by atoms with Gasteiger partial charge in [-0.2, -0.15) is 5.26 Å². The van der Waals surface area contributed by atoms with E-state index in [0.29, 0.717) is 18.2 Å². The SMILES string of the molecule is N#Cc1ncccc1CNCC1CCCC(O)C1. The van der Waals surface area contributed by atoms with Gasteiger partial charge in [0, 0.05) is 18.3 Å². The molecule has 1 aliphatic rings. The average molecular weight is 245 g/mol. The fourth-order valence-corrected chi connectivity index (χ4v) is 2.54. The Morgan fingerprint density at radius 3 is 3.17 bits per heavy atom. The first kappa shape index (κ1) is 13.0. The maximum Gasteiger partial charge on any atom is 0.144 e. The predicted octanol–water partition coefficient (Wildman–Crippen LogP) is 1.59. The number of nitrogens with zero attached hydrogens (tertiary/aromatic N) is 2. The van der Waals surface area contributed by atoms with Crippen LogP contribution < -0.4 is 5.32 Å². The topological polar surface area (TPSA) is 68.9 Å². The summed E-state index contributed by atoms with van der Waals surface area (Å²) in [4.78, 5) is 4.03. The maximum atomic E-state index is 9.60. The van der Waals surface area contributed by atoms with E-state index in [4.69, 9.17) is 5.26 Å². The molecule has 0 spiro atoms. The van der Waals surface area contributed by atoms with Gasteiger partial charge in [-0.15, -0.1) is 0 Å². The third kappa shape index (κ3) is 3.52. The molecular formula is C14H19N3O. The number of hydrogen-bond acceptors (Lipinski definition) is 4. The van der Waals surface area contributed by atoms with E-state index in [1.165, 1.54) is 6.42 Å². The molecule has 2 atom stereocenters. The molecule has 0 aliphatic heterocycles. The van der Waals surface area contributed by atoms with Gasteiger partial charge in [0.05, 0.1) is 6.10 Å². The van der Waals surface area contributed by atoms with E-state index in [-0.39, 0.29) is 6.10 Å². The number of nitriles is 1.